The summed E-state index contributed by atoms with van der Waals surface area (Å²) in [5, 5.41) is 9.31. The van der Waals surface area contributed by atoms with Gasteiger partial charge in [-0.05, 0) is 42.2 Å². The van der Waals surface area contributed by atoms with Gasteiger partial charge in [0.2, 0.25) is 0 Å². The minimum Gasteiger partial charge on any atom is -0.480 e. The number of piperidine rings is 1. The van der Waals surface area contributed by atoms with E-state index in [1.807, 2.05) is 43.3 Å². The maximum Gasteiger partial charge on any atom is 0.326 e. The van der Waals surface area contributed by atoms with E-state index in [1.165, 1.54) is 0 Å². The van der Waals surface area contributed by atoms with Crippen LogP contribution in [0.4, 0.5) is 0 Å². The summed E-state index contributed by atoms with van der Waals surface area (Å²) >= 11 is 0. The van der Waals surface area contributed by atoms with Gasteiger partial charge in [0.05, 0.1) is 6.54 Å². The molecule has 0 aliphatic carbocycles. The van der Waals surface area contributed by atoms with Crippen LogP contribution in [-0.4, -0.2) is 40.3 Å². The normalized spacial score (nSPS) is 17.4. The second-order valence-electron chi connectivity index (χ2n) is 6.26. The van der Waals surface area contributed by atoms with Crippen molar-refractivity contribution in [2.24, 2.45) is 0 Å². The van der Waals surface area contributed by atoms with Crippen LogP contribution in [0.1, 0.15) is 28.8 Å². The number of rotatable bonds is 3. The molecule has 1 saturated heterocycles. The van der Waals surface area contributed by atoms with Gasteiger partial charge in [-0.25, -0.2) is 4.79 Å². The molecule has 1 N–H and O–H groups in total. The van der Waals surface area contributed by atoms with E-state index < -0.39 is 17.9 Å². The highest BCUT2D eigenvalue weighted by atomic mass is 16.4. The Labute approximate surface area is 145 Å². The molecule has 0 saturated carbocycles. The van der Waals surface area contributed by atoms with Gasteiger partial charge in [0.25, 0.3) is 5.91 Å². The lowest BCUT2D eigenvalue weighted by molar-refractivity contribution is -0.144. The number of likely N-dealkylation sites (tertiary alicyclic amines) is 1. The minimum absolute atomic E-state index is 0.109. The van der Waals surface area contributed by atoms with Gasteiger partial charge >= 0.3 is 5.97 Å². The molecule has 3 rings (SSSR count). The van der Waals surface area contributed by atoms with E-state index in [2.05, 4.69) is 0 Å². The van der Waals surface area contributed by atoms with Crippen LogP contribution in [0.2, 0.25) is 0 Å². The van der Waals surface area contributed by atoms with E-state index in [1.54, 1.807) is 12.1 Å². The molecule has 2 aromatic carbocycles. The lowest BCUT2D eigenvalue weighted by Crippen LogP contribution is -2.50. The summed E-state index contributed by atoms with van der Waals surface area (Å²) in [6.07, 6.45) is 0.369. The molecule has 0 unspecified atom stereocenters. The number of ketones is 1. The predicted octanol–water partition coefficient (Wildman–Crippen LogP) is 2.92. The van der Waals surface area contributed by atoms with Crippen molar-refractivity contribution in [2.45, 2.75) is 25.8 Å². The van der Waals surface area contributed by atoms with Gasteiger partial charge in [0.1, 0.15) is 6.04 Å². The van der Waals surface area contributed by atoms with Crippen LogP contribution in [0.3, 0.4) is 0 Å². The van der Waals surface area contributed by atoms with E-state index in [9.17, 15) is 19.5 Å². The van der Waals surface area contributed by atoms with Crippen molar-refractivity contribution >= 4 is 17.7 Å². The first-order chi connectivity index (χ1) is 12.0. The Morgan fingerprint density at radius 2 is 1.76 bits per heavy atom. The van der Waals surface area contributed by atoms with E-state index in [0.29, 0.717) is 5.56 Å². The number of carboxylic acids is 1. The van der Waals surface area contributed by atoms with Crippen molar-refractivity contribution < 1.29 is 19.5 Å². The van der Waals surface area contributed by atoms with Gasteiger partial charge in [0, 0.05) is 12.0 Å². The highest BCUT2D eigenvalue weighted by Crippen LogP contribution is 2.24. The second-order valence-corrected chi connectivity index (χ2v) is 6.26. The number of Topliss-reactive ketones (excluding diaryl/α,β-unsaturated/α-hetero) is 1. The summed E-state index contributed by atoms with van der Waals surface area (Å²) in [5.74, 6) is -1.60. The molecule has 128 valence electrons. The maximum atomic E-state index is 12.7. The Kier molecular flexibility index (Phi) is 4.65. The number of hydrogen-bond acceptors (Lipinski definition) is 3. The molecule has 0 spiro atoms. The van der Waals surface area contributed by atoms with E-state index in [0.717, 1.165) is 21.6 Å². The van der Waals surface area contributed by atoms with Crippen molar-refractivity contribution in [1.82, 2.24) is 4.90 Å². The molecule has 5 nitrogen and oxygen atoms in total. The van der Waals surface area contributed by atoms with Crippen LogP contribution < -0.4 is 0 Å². The van der Waals surface area contributed by atoms with Crippen LogP contribution in [-0.2, 0) is 9.59 Å². The largest absolute Gasteiger partial charge is 0.480 e. The van der Waals surface area contributed by atoms with Crippen LogP contribution in [0.25, 0.3) is 11.1 Å². The first-order valence-corrected chi connectivity index (χ1v) is 8.19. The number of amides is 1. The van der Waals surface area contributed by atoms with E-state index >= 15 is 0 Å². The third-order valence-electron chi connectivity index (χ3n) is 4.55. The standard InChI is InChI=1S/C20H19NO4/c1-13-4-2-3-5-17(13)14-6-8-15(9-7-14)19(23)21-12-16(22)10-11-18(21)20(24)25/h2-9,18H,10-12H2,1H3,(H,24,25)/t18-/m0/s1. The molecule has 0 aromatic heterocycles. The van der Waals surface area contributed by atoms with Crippen LogP contribution >= 0.6 is 0 Å². The Bertz CT molecular complexity index is 826. The van der Waals surface area contributed by atoms with Gasteiger partial charge in [-0.3, -0.25) is 9.59 Å². The Morgan fingerprint density at radius 3 is 2.40 bits per heavy atom. The number of nitrogens with zero attached hydrogens (tertiary/aromatic N) is 1. The Balaban J connectivity index is 1.86. The fourth-order valence-electron chi connectivity index (χ4n) is 3.16. The molecule has 0 bridgehead atoms. The van der Waals surface area contributed by atoms with Crippen molar-refractivity contribution in [2.75, 3.05) is 6.54 Å². The summed E-state index contributed by atoms with van der Waals surface area (Å²) in [4.78, 5) is 36.9. The molecule has 2 aromatic rings. The molecule has 1 aliphatic rings. The molecule has 1 atom stereocenters. The second kappa shape index (κ2) is 6.89. The topological polar surface area (TPSA) is 74.7 Å². The van der Waals surface area contributed by atoms with Crippen molar-refractivity contribution in [1.29, 1.82) is 0 Å². The third-order valence-corrected chi connectivity index (χ3v) is 4.55. The monoisotopic (exact) mass is 337 g/mol. The molecule has 1 heterocycles. The zero-order valence-electron chi connectivity index (χ0n) is 13.9. The highest BCUT2D eigenvalue weighted by Gasteiger charge is 2.35. The SMILES string of the molecule is Cc1ccccc1-c1ccc(C(=O)N2CC(=O)CC[C@H]2C(=O)O)cc1. The first-order valence-electron chi connectivity index (χ1n) is 8.19. The van der Waals surface area contributed by atoms with Gasteiger partial charge in [-0.2, -0.15) is 0 Å². The molecule has 25 heavy (non-hydrogen) atoms. The van der Waals surface area contributed by atoms with E-state index in [-0.39, 0.29) is 25.2 Å². The molecular weight excluding hydrogens is 318 g/mol. The molecule has 1 fully saturated rings. The number of aliphatic carboxylic acids is 1. The Hall–Kier alpha value is -2.95. The average molecular weight is 337 g/mol. The minimum atomic E-state index is -1.07. The smallest absolute Gasteiger partial charge is 0.326 e. The number of carbonyl (C=O) groups excluding carboxylic acids is 2. The average Bonchev–Trinajstić information content (AvgIpc) is 2.61. The van der Waals surface area contributed by atoms with Crippen molar-refractivity contribution in [3.05, 3.63) is 59.7 Å². The predicted molar refractivity (Wildman–Crippen MR) is 93.3 cm³/mol. The summed E-state index contributed by atoms with van der Waals surface area (Å²) < 4.78 is 0. The number of hydrogen-bond donors (Lipinski definition) is 1. The van der Waals surface area contributed by atoms with Gasteiger partial charge in [-0.15, -0.1) is 0 Å². The summed E-state index contributed by atoms with van der Waals surface area (Å²) in [5.41, 5.74) is 3.59. The first kappa shape index (κ1) is 16.9. The molecule has 5 heteroatoms. The number of carboxylic acid groups (broad SMARTS) is 1. The zero-order valence-corrected chi connectivity index (χ0v) is 13.9. The fraction of sp³-hybridized carbons (Fsp3) is 0.250. The third kappa shape index (κ3) is 3.45. The van der Waals surface area contributed by atoms with Crippen LogP contribution in [0.5, 0.6) is 0 Å². The highest BCUT2D eigenvalue weighted by molar-refractivity contribution is 6.00. The van der Waals surface area contributed by atoms with Gasteiger partial charge < -0.3 is 10.0 Å². The maximum absolute atomic E-state index is 12.7. The molecule has 0 radical (unpaired) electrons. The molecule has 1 aliphatic heterocycles. The van der Waals surface area contributed by atoms with Crippen LogP contribution in [0, 0.1) is 6.92 Å². The molecule has 1 amide bonds. The van der Waals surface area contributed by atoms with Crippen molar-refractivity contribution in [3.63, 3.8) is 0 Å². The number of benzene rings is 2. The number of carbonyl (C=O) groups is 3. The molecular formula is C20H19NO4. The quantitative estimate of drug-likeness (QED) is 0.934. The summed E-state index contributed by atoms with van der Waals surface area (Å²) in [6.45, 7) is 1.88. The van der Waals surface area contributed by atoms with Crippen molar-refractivity contribution in [3.8, 4) is 11.1 Å². The zero-order chi connectivity index (χ0) is 18.0. The lowest BCUT2D eigenvalue weighted by atomic mass is 9.97. The van der Waals surface area contributed by atoms with Gasteiger partial charge in [0.15, 0.2) is 5.78 Å². The fourth-order valence-corrected chi connectivity index (χ4v) is 3.16. The summed E-state index contributed by atoms with van der Waals surface area (Å²) in [7, 11) is 0. The summed E-state index contributed by atoms with van der Waals surface area (Å²) in [6, 6.07) is 14.1. The number of aryl methyl sites for hydroxylation is 1. The van der Waals surface area contributed by atoms with E-state index in [4.69, 9.17) is 0 Å². The lowest BCUT2D eigenvalue weighted by Gasteiger charge is -2.32. The van der Waals surface area contributed by atoms with Gasteiger partial charge in [-0.1, -0.05) is 36.4 Å². The Morgan fingerprint density at radius 1 is 1.08 bits per heavy atom. The van der Waals surface area contributed by atoms with Crippen LogP contribution in [0.15, 0.2) is 48.5 Å².